The number of carbonyl (C=O) groups excluding carboxylic acids is 2. The van der Waals surface area contributed by atoms with E-state index in [2.05, 4.69) is 4.57 Å². The van der Waals surface area contributed by atoms with Gasteiger partial charge in [0, 0.05) is 32.8 Å². The minimum absolute atomic E-state index is 0.199. The molecule has 1 aliphatic heterocycles. The second kappa shape index (κ2) is 10.2. The van der Waals surface area contributed by atoms with Crippen molar-refractivity contribution >= 4 is 46.8 Å². The van der Waals surface area contributed by atoms with E-state index in [0.717, 1.165) is 28.4 Å². The van der Waals surface area contributed by atoms with Crippen molar-refractivity contribution in [2.24, 2.45) is 0 Å². The lowest BCUT2D eigenvalue weighted by atomic mass is 10.0. The number of rotatable bonds is 6. The SMILES string of the molecule is CCOc1ccc(-n2c(C)cc(/C=C3\C(=O)N(c4cc(Cl)cc(Cl)c4)C(C)=C3C(=O)OC)c2C)cc1. The first-order valence-electron chi connectivity index (χ1n) is 11.4. The molecule has 3 aromatic rings. The maximum Gasteiger partial charge on any atom is 0.340 e. The van der Waals surface area contributed by atoms with E-state index in [-0.39, 0.29) is 17.1 Å². The van der Waals surface area contributed by atoms with Crippen LogP contribution in [0.2, 0.25) is 10.0 Å². The monoisotopic (exact) mass is 524 g/mol. The molecule has 6 nitrogen and oxygen atoms in total. The number of benzene rings is 2. The van der Waals surface area contributed by atoms with Crippen LogP contribution in [0.4, 0.5) is 5.69 Å². The Hall–Kier alpha value is -3.48. The van der Waals surface area contributed by atoms with Gasteiger partial charge in [-0.25, -0.2) is 4.79 Å². The van der Waals surface area contributed by atoms with Crippen molar-refractivity contribution < 1.29 is 19.1 Å². The fourth-order valence-electron chi connectivity index (χ4n) is 4.50. The van der Waals surface area contributed by atoms with Crippen LogP contribution in [0.5, 0.6) is 5.75 Å². The minimum atomic E-state index is -0.594. The van der Waals surface area contributed by atoms with Gasteiger partial charge in [0.05, 0.1) is 30.6 Å². The first kappa shape index (κ1) is 25.6. The van der Waals surface area contributed by atoms with Crippen LogP contribution in [-0.4, -0.2) is 30.2 Å². The molecule has 0 saturated heterocycles. The van der Waals surface area contributed by atoms with Gasteiger partial charge in [0.15, 0.2) is 0 Å². The molecule has 1 aliphatic rings. The van der Waals surface area contributed by atoms with Crippen LogP contribution in [0.3, 0.4) is 0 Å². The van der Waals surface area contributed by atoms with Gasteiger partial charge in [-0.2, -0.15) is 0 Å². The van der Waals surface area contributed by atoms with Gasteiger partial charge in [0.25, 0.3) is 5.91 Å². The lowest BCUT2D eigenvalue weighted by Gasteiger charge is -2.18. The van der Waals surface area contributed by atoms with Crippen LogP contribution in [0.25, 0.3) is 11.8 Å². The zero-order valence-electron chi connectivity index (χ0n) is 20.7. The number of hydrogen-bond donors (Lipinski definition) is 0. The molecule has 2 heterocycles. The van der Waals surface area contributed by atoms with Crippen molar-refractivity contribution in [2.75, 3.05) is 18.6 Å². The minimum Gasteiger partial charge on any atom is -0.494 e. The first-order valence-corrected chi connectivity index (χ1v) is 12.2. The number of aromatic nitrogens is 1. The van der Waals surface area contributed by atoms with Crippen molar-refractivity contribution in [3.05, 3.63) is 92.4 Å². The molecule has 0 radical (unpaired) electrons. The molecular formula is C28H26Cl2N2O4. The van der Waals surface area contributed by atoms with Gasteiger partial charge in [0.2, 0.25) is 0 Å². The predicted octanol–water partition coefficient (Wildman–Crippen LogP) is 6.68. The Morgan fingerprint density at radius 3 is 2.19 bits per heavy atom. The number of methoxy groups -OCH3 is 1. The third-order valence-electron chi connectivity index (χ3n) is 6.07. The van der Waals surface area contributed by atoms with E-state index in [9.17, 15) is 9.59 Å². The highest BCUT2D eigenvalue weighted by molar-refractivity contribution is 6.35. The summed E-state index contributed by atoms with van der Waals surface area (Å²) >= 11 is 12.4. The summed E-state index contributed by atoms with van der Waals surface area (Å²) < 4.78 is 12.7. The van der Waals surface area contributed by atoms with Crippen LogP contribution in [-0.2, 0) is 14.3 Å². The van der Waals surface area contributed by atoms with Gasteiger partial charge in [0.1, 0.15) is 5.75 Å². The topological polar surface area (TPSA) is 60.8 Å². The molecule has 0 unspecified atom stereocenters. The lowest BCUT2D eigenvalue weighted by Crippen LogP contribution is -2.24. The number of ether oxygens (including phenoxy) is 2. The normalized spacial score (nSPS) is 14.7. The summed E-state index contributed by atoms with van der Waals surface area (Å²) in [4.78, 5) is 27.9. The molecule has 0 saturated carbocycles. The molecule has 0 spiro atoms. The number of halogens is 2. The Morgan fingerprint density at radius 2 is 1.61 bits per heavy atom. The van der Waals surface area contributed by atoms with Gasteiger partial charge in [-0.3, -0.25) is 9.69 Å². The van der Waals surface area contributed by atoms with E-state index in [1.54, 1.807) is 31.2 Å². The van der Waals surface area contributed by atoms with Crippen LogP contribution >= 0.6 is 23.2 Å². The number of anilines is 1. The second-order valence-corrected chi connectivity index (χ2v) is 9.24. The first-order chi connectivity index (χ1) is 17.2. The average molecular weight is 525 g/mol. The number of aryl methyl sites for hydroxylation is 1. The molecule has 2 aromatic carbocycles. The molecule has 8 heteroatoms. The van der Waals surface area contributed by atoms with Gasteiger partial charge >= 0.3 is 5.97 Å². The molecule has 0 bridgehead atoms. The van der Waals surface area contributed by atoms with Crippen molar-refractivity contribution in [2.45, 2.75) is 27.7 Å². The van der Waals surface area contributed by atoms with Crippen LogP contribution in [0.1, 0.15) is 30.8 Å². The highest BCUT2D eigenvalue weighted by atomic mass is 35.5. The molecule has 0 fully saturated rings. The number of amides is 1. The second-order valence-electron chi connectivity index (χ2n) is 8.37. The van der Waals surface area contributed by atoms with E-state index in [1.807, 2.05) is 51.1 Å². The van der Waals surface area contributed by atoms with Gasteiger partial charge in [-0.1, -0.05) is 23.2 Å². The summed E-state index contributed by atoms with van der Waals surface area (Å²) in [6.07, 6.45) is 1.73. The Labute approximate surface area is 220 Å². The Morgan fingerprint density at radius 1 is 0.972 bits per heavy atom. The van der Waals surface area contributed by atoms with E-state index >= 15 is 0 Å². The Bertz CT molecular complexity index is 1400. The maximum atomic E-state index is 13.6. The molecule has 1 aromatic heterocycles. The van der Waals surface area contributed by atoms with E-state index in [0.29, 0.717) is 28.0 Å². The van der Waals surface area contributed by atoms with E-state index < -0.39 is 5.97 Å². The fourth-order valence-corrected chi connectivity index (χ4v) is 5.02. The molecule has 4 rings (SSSR count). The summed E-state index contributed by atoms with van der Waals surface area (Å²) in [6.45, 7) is 8.20. The molecule has 0 atom stereocenters. The number of allylic oxidation sites excluding steroid dienone is 1. The number of carbonyl (C=O) groups is 2. The van der Waals surface area contributed by atoms with Crippen molar-refractivity contribution in [3.8, 4) is 11.4 Å². The molecule has 1 amide bonds. The fraction of sp³-hybridized carbons (Fsp3) is 0.214. The summed E-state index contributed by atoms with van der Waals surface area (Å²) in [5, 5.41) is 0.767. The van der Waals surface area contributed by atoms with Crippen LogP contribution in [0.15, 0.2) is 65.4 Å². The maximum absolute atomic E-state index is 13.6. The van der Waals surface area contributed by atoms with Crippen molar-refractivity contribution in [1.29, 1.82) is 0 Å². The third kappa shape index (κ3) is 4.66. The van der Waals surface area contributed by atoms with Crippen LogP contribution < -0.4 is 9.64 Å². The molecule has 0 N–H and O–H groups in total. The number of hydrogen-bond acceptors (Lipinski definition) is 4. The molecule has 186 valence electrons. The van der Waals surface area contributed by atoms with Gasteiger partial charge < -0.3 is 14.0 Å². The standard InChI is InChI=1S/C28H26Cl2N2O4/c1-6-36-24-9-7-22(8-10-24)31-16(2)11-19(17(31)3)12-25-26(28(34)35-5)18(4)32(27(25)33)23-14-20(29)13-21(30)15-23/h7-15H,6H2,1-5H3/b25-12-. The molecule has 36 heavy (non-hydrogen) atoms. The van der Waals surface area contributed by atoms with Crippen molar-refractivity contribution in [1.82, 2.24) is 4.57 Å². The zero-order chi connectivity index (χ0) is 26.1. The molecular weight excluding hydrogens is 499 g/mol. The summed E-state index contributed by atoms with van der Waals surface area (Å²) in [5.41, 5.74) is 5.02. The van der Waals surface area contributed by atoms with E-state index in [1.165, 1.54) is 12.0 Å². The highest BCUT2D eigenvalue weighted by Gasteiger charge is 2.38. The molecule has 0 aliphatic carbocycles. The summed E-state index contributed by atoms with van der Waals surface area (Å²) in [5.74, 6) is -0.160. The largest absolute Gasteiger partial charge is 0.494 e. The quantitative estimate of drug-likeness (QED) is 0.266. The highest BCUT2D eigenvalue weighted by Crippen LogP contribution is 2.38. The lowest BCUT2D eigenvalue weighted by molar-refractivity contribution is -0.136. The summed E-state index contributed by atoms with van der Waals surface area (Å²) in [6, 6.07) is 14.6. The Kier molecular flexibility index (Phi) is 7.29. The average Bonchev–Trinajstić information content (AvgIpc) is 3.24. The smallest absolute Gasteiger partial charge is 0.340 e. The Balaban J connectivity index is 1.81. The summed E-state index contributed by atoms with van der Waals surface area (Å²) in [7, 11) is 1.29. The van der Waals surface area contributed by atoms with Gasteiger partial charge in [-0.15, -0.1) is 0 Å². The van der Waals surface area contributed by atoms with Crippen LogP contribution in [0, 0.1) is 13.8 Å². The van der Waals surface area contributed by atoms with E-state index in [4.69, 9.17) is 32.7 Å². The third-order valence-corrected chi connectivity index (χ3v) is 6.51. The van der Waals surface area contributed by atoms with Gasteiger partial charge in [-0.05, 0) is 87.9 Å². The zero-order valence-corrected chi connectivity index (χ0v) is 22.2. The number of esters is 1. The predicted molar refractivity (Wildman–Crippen MR) is 143 cm³/mol. The van der Waals surface area contributed by atoms with Crippen molar-refractivity contribution in [3.63, 3.8) is 0 Å². The number of nitrogens with zero attached hydrogens (tertiary/aromatic N) is 2.